The number of benzene rings is 1. The summed E-state index contributed by atoms with van der Waals surface area (Å²) in [7, 11) is 0. The molecule has 3 nitrogen and oxygen atoms in total. The second kappa shape index (κ2) is 6.27. The Morgan fingerprint density at radius 2 is 1.85 bits per heavy atom. The van der Waals surface area contributed by atoms with Gasteiger partial charge in [-0.15, -0.1) is 0 Å². The summed E-state index contributed by atoms with van der Waals surface area (Å²) in [6.45, 7) is 10.5. The molecule has 1 aromatic rings. The lowest BCUT2D eigenvalue weighted by atomic mass is 9.94. The largest absolute Gasteiger partial charge is 0.340 e. The summed E-state index contributed by atoms with van der Waals surface area (Å²) >= 11 is 3.51. The lowest BCUT2D eigenvalue weighted by Crippen LogP contribution is -2.51. The molecule has 1 aliphatic heterocycles. The van der Waals surface area contributed by atoms with Crippen molar-refractivity contribution in [3.63, 3.8) is 0 Å². The van der Waals surface area contributed by atoms with Crippen LogP contribution in [0.3, 0.4) is 0 Å². The number of hydrogen-bond donors (Lipinski definition) is 0. The van der Waals surface area contributed by atoms with Crippen molar-refractivity contribution < 1.29 is 4.79 Å². The van der Waals surface area contributed by atoms with E-state index in [9.17, 15) is 4.79 Å². The van der Waals surface area contributed by atoms with Gasteiger partial charge in [0.2, 0.25) is 5.91 Å². The molecule has 0 N–H and O–H groups in total. The summed E-state index contributed by atoms with van der Waals surface area (Å²) in [5.74, 6) is 0.264. The van der Waals surface area contributed by atoms with Crippen LogP contribution < -0.4 is 0 Å². The van der Waals surface area contributed by atoms with E-state index in [1.54, 1.807) is 0 Å². The quantitative estimate of drug-likeness (QED) is 0.826. The van der Waals surface area contributed by atoms with Crippen LogP contribution in [-0.4, -0.2) is 41.9 Å². The minimum atomic E-state index is -0.271. The van der Waals surface area contributed by atoms with Gasteiger partial charge in [0.1, 0.15) is 0 Å². The highest BCUT2D eigenvalue weighted by molar-refractivity contribution is 9.10. The molecule has 1 aliphatic rings. The van der Waals surface area contributed by atoms with E-state index >= 15 is 0 Å². The number of rotatable bonds is 2. The van der Waals surface area contributed by atoms with Crippen LogP contribution in [0.1, 0.15) is 26.3 Å². The van der Waals surface area contributed by atoms with E-state index < -0.39 is 0 Å². The minimum Gasteiger partial charge on any atom is -0.340 e. The number of amides is 1. The maximum Gasteiger partial charge on any atom is 0.228 e. The average Bonchev–Trinajstić information content (AvgIpc) is 2.38. The van der Waals surface area contributed by atoms with Crippen LogP contribution in [0.15, 0.2) is 28.7 Å². The lowest BCUT2D eigenvalue weighted by Gasteiger charge is -2.37. The standard InChI is InChI=1S/C16H23BrN2O/c1-16(2,3)15(20)19-9-7-18(8-10-19)12-13-5-4-6-14(17)11-13/h4-6,11H,7-10,12H2,1-3H3. The van der Waals surface area contributed by atoms with Crippen LogP contribution in [0.25, 0.3) is 0 Å². The summed E-state index contributed by atoms with van der Waals surface area (Å²) in [4.78, 5) is 16.6. The molecular weight excluding hydrogens is 316 g/mol. The number of carbonyl (C=O) groups excluding carboxylic acids is 1. The monoisotopic (exact) mass is 338 g/mol. The van der Waals surface area contributed by atoms with Crippen molar-refractivity contribution in [2.75, 3.05) is 26.2 Å². The number of piperazine rings is 1. The molecule has 110 valence electrons. The first-order chi connectivity index (χ1) is 9.36. The Bertz CT molecular complexity index is 474. The van der Waals surface area contributed by atoms with Gasteiger partial charge in [-0.2, -0.15) is 0 Å². The molecule has 1 aromatic carbocycles. The molecule has 0 aliphatic carbocycles. The van der Waals surface area contributed by atoms with Crippen LogP contribution in [0.5, 0.6) is 0 Å². The van der Waals surface area contributed by atoms with Gasteiger partial charge < -0.3 is 4.90 Å². The van der Waals surface area contributed by atoms with Crippen molar-refractivity contribution >= 4 is 21.8 Å². The van der Waals surface area contributed by atoms with Crippen LogP contribution in [0.2, 0.25) is 0 Å². The fraction of sp³-hybridized carbons (Fsp3) is 0.562. The lowest BCUT2D eigenvalue weighted by molar-refractivity contribution is -0.141. The third-order valence-corrected chi connectivity index (χ3v) is 4.09. The van der Waals surface area contributed by atoms with E-state index in [0.29, 0.717) is 0 Å². The molecule has 0 saturated carbocycles. The minimum absolute atomic E-state index is 0.264. The Balaban J connectivity index is 1.87. The second-order valence-electron chi connectivity index (χ2n) is 6.45. The van der Waals surface area contributed by atoms with Crippen LogP contribution >= 0.6 is 15.9 Å². The zero-order valence-corrected chi connectivity index (χ0v) is 14.1. The first kappa shape index (κ1) is 15.5. The van der Waals surface area contributed by atoms with Crippen LogP contribution in [-0.2, 0) is 11.3 Å². The van der Waals surface area contributed by atoms with Gasteiger partial charge in [-0.05, 0) is 17.7 Å². The van der Waals surface area contributed by atoms with Crippen molar-refractivity contribution in [1.82, 2.24) is 9.80 Å². The molecule has 2 rings (SSSR count). The van der Waals surface area contributed by atoms with Gasteiger partial charge in [0.15, 0.2) is 0 Å². The van der Waals surface area contributed by atoms with E-state index in [1.165, 1.54) is 5.56 Å². The van der Waals surface area contributed by atoms with Crippen molar-refractivity contribution in [3.8, 4) is 0 Å². The van der Waals surface area contributed by atoms with Gasteiger partial charge in [0.25, 0.3) is 0 Å². The molecule has 0 aromatic heterocycles. The topological polar surface area (TPSA) is 23.6 Å². The molecule has 4 heteroatoms. The average molecular weight is 339 g/mol. The first-order valence-electron chi connectivity index (χ1n) is 7.12. The molecule has 0 spiro atoms. The molecule has 0 bridgehead atoms. The highest BCUT2D eigenvalue weighted by Crippen LogP contribution is 2.19. The van der Waals surface area contributed by atoms with Crippen molar-refractivity contribution in [2.45, 2.75) is 27.3 Å². The van der Waals surface area contributed by atoms with Gasteiger partial charge in [0.05, 0.1) is 0 Å². The van der Waals surface area contributed by atoms with E-state index in [-0.39, 0.29) is 11.3 Å². The van der Waals surface area contributed by atoms with E-state index in [1.807, 2.05) is 31.7 Å². The van der Waals surface area contributed by atoms with Crippen LogP contribution in [0.4, 0.5) is 0 Å². The summed E-state index contributed by atoms with van der Waals surface area (Å²) < 4.78 is 1.12. The SMILES string of the molecule is CC(C)(C)C(=O)N1CCN(Cc2cccc(Br)c2)CC1. The predicted molar refractivity (Wildman–Crippen MR) is 85.5 cm³/mol. The van der Waals surface area contributed by atoms with E-state index in [2.05, 4.69) is 39.0 Å². The fourth-order valence-electron chi connectivity index (χ4n) is 2.48. The maximum absolute atomic E-state index is 12.2. The smallest absolute Gasteiger partial charge is 0.228 e. The Morgan fingerprint density at radius 3 is 2.40 bits per heavy atom. The fourth-order valence-corrected chi connectivity index (χ4v) is 2.92. The molecular formula is C16H23BrN2O. The van der Waals surface area contributed by atoms with Gasteiger partial charge in [-0.25, -0.2) is 0 Å². The number of nitrogens with zero attached hydrogens (tertiary/aromatic N) is 2. The van der Waals surface area contributed by atoms with Crippen LogP contribution in [0, 0.1) is 5.41 Å². The summed E-state index contributed by atoms with van der Waals surface area (Å²) in [6, 6.07) is 8.42. The summed E-state index contributed by atoms with van der Waals surface area (Å²) in [5.41, 5.74) is 1.04. The molecule has 1 saturated heterocycles. The molecule has 1 fully saturated rings. The zero-order chi connectivity index (χ0) is 14.8. The Morgan fingerprint density at radius 1 is 1.20 bits per heavy atom. The molecule has 0 radical (unpaired) electrons. The van der Waals surface area contributed by atoms with Gasteiger partial charge in [-0.1, -0.05) is 48.8 Å². The Labute approximate surface area is 130 Å². The van der Waals surface area contributed by atoms with Crippen molar-refractivity contribution in [2.24, 2.45) is 5.41 Å². The Kier molecular flexibility index (Phi) is 4.86. The third-order valence-electron chi connectivity index (χ3n) is 3.60. The van der Waals surface area contributed by atoms with Gasteiger partial charge in [-0.3, -0.25) is 9.69 Å². The number of hydrogen-bond acceptors (Lipinski definition) is 2. The van der Waals surface area contributed by atoms with Crippen molar-refractivity contribution in [1.29, 1.82) is 0 Å². The highest BCUT2D eigenvalue weighted by atomic mass is 79.9. The molecule has 1 heterocycles. The van der Waals surface area contributed by atoms with Gasteiger partial charge in [0, 0.05) is 42.6 Å². The first-order valence-corrected chi connectivity index (χ1v) is 7.92. The zero-order valence-electron chi connectivity index (χ0n) is 12.5. The summed E-state index contributed by atoms with van der Waals surface area (Å²) in [5, 5.41) is 0. The molecule has 0 atom stereocenters. The second-order valence-corrected chi connectivity index (χ2v) is 7.36. The predicted octanol–water partition coefficient (Wildman–Crippen LogP) is 3.14. The molecule has 20 heavy (non-hydrogen) atoms. The normalized spacial score (nSPS) is 17.3. The number of carbonyl (C=O) groups is 1. The molecule has 1 amide bonds. The van der Waals surface area contributed by atoms with E-state index in [0.717, 1.165) is 37.2 Å². The van der Waals surface area contributed by atoms with E-state index in [4.69, 9.17) is 0 Å². The highest BCUT2D eigenvalue weighted by Gasteiger charge is 2.29. The number of halogens is 1. The Hall–Kier alpha value is -0.870. The summed E-state index contributed by atoms with van der Waals surface area (Å²) in [6.07, 6.45) is 0. The molecule has 0 unspecified atom stereocenters. The maximum atomic E-state index is 12.2. The van der Waals surface area contributed by atoms with Gasteiger partial charge >= 0.3 is 0 Å². The van der Waals surface area contributed by atoms with Crippen molar-refractivity contribution in [3.05, 3.63) is 34.3 Å². The third kappa shape index (κ3) is 4.06.